The molecule has 0 radical (unpaired) electrons. The Morgan fingerprint density at radius 2 is 1.05 bits per heavy atom. The third-order valence-corrected chi connectivity index (χ3v) is 10.5. The van der Waals surface area contributed by atoms with Crippen LogP contribution in [0.15, 0.2) is 64.1 Å². The fraction of sp³-hybridized carbons (Fsp3) is 0.333. The minimum atomic E-state index is -1.64. The summed E-state index contributed by atoms with van der Waals surface area (Å²) in [6.07, 6.45) is 15.6. The highest BCUT2D eigenvalue weighted by Crippen LogP contribution is 2.46. The molecule has 0 amide bonds. The normalized spacial score (nSPS) is 21.4. The summed E-state index contributed by atoms with van der Waals surface area (Å²) in [4.78, 5) is 0. The molecule has 0 saturated heterocycles. The lowest BCUT2D eigenvalue weighted by atomic mass is 10.1. The van der Waals surface area contributed by atoms with Crippen molar-refractivity contribution in [1.29, 1.82) is 0 Å². The molecule has 1 aromatic carbocycles. The topological polar surface area (TPSA) is 0 Å². The zero-order valence-corrected chi connectivity index (χ0v) is 12.4. The van der Waals surface area contributed by atoms with Crippen LogP contribution in [0.1, 0.15) is 38.5 Å². The summed E-state index contributed by atoms with van der Waals surface area (Å²) in [5, 5.41) is 7.04. The van der Waals surface area contributed by atoms with Crippen molar-refractivity contribution in [1.82, 2.24) is 0 Å². The van der Waals surface area contributed by atoms with Crippen molar-refractivity contribution in [3.63, 3.8) is 0 Å². The first kappa shape index (κ1) is 11.5. The van der Waals surface area contributed by atoms with Crippen LogP contribution >= 0.6 is 0 Å². The Morgan fingerprint density at radius 1 is 0.632 bits per heavy atom. The van der Waals surface area contributed by atoms with Gasteiger partial charge in [0.05, 0.1) is 0 Å². The van der Waals surface area contributed by atoms with Crippen molar-refractivity contribution >= 4 is 13.3 Å². The Morgan fingerprint density at radius 3 is 1.37 bits per heavy atom. The molecule has 1 aromatic rings. The molecule has 19 heavy (non-hydrogen) atoms. The molecule has 3 aliphatic rings. The zero-order chi connectivity index (χ0) is 12.7. The standard InChI is InChI=1S/C18H20Si/c1-2-7-15(8-3-1)19(16-9-4-10-16,17-11-5-12-17)18-13-6-14-18/h1-3,7-9,11,13H,4-6,10,12,14H2. The van der Waals surface area contributed by atoms with Crippen LogP contribution in [0.2, 0.25) is 0 Å². The third-order valence-electron chi connectivity index (χ3n) is 5.07. The van der Waals surface area contributed by atoms with Gasteiger partial charge in [0.15, 0.2) is 8.07 Å². The predicted molar refractivity (Wildman–Crippen MR) is 83.8 cm³/mol. The molecule has 0 aliphatic heterocycles. The first-order valence-corrected chi connectivity index (χ1v) is 9.56. The van der Waals surface area contributed by atoms with Gasteiger partial charge in [0.1, 0.15) is 0 Å². The van der Waals surface area contributed by atoms with Gasteiger partial charge in [-0.1, -0.05) is 64.1 Å². The molecule has 0 saturated carbocycles. The van der Waals surface area contributed by atoms with Gasteiger partial charge in [-0.2, -0.15) is 0 Å². The number of hydrogen-bond donors (Lipinski definition) is 0. The maximum atomic E-state index is 2.54. The second-order valence-corrected chi connectivity index (χ2v) is 9.92. The lowest BCUT2D eigenvalue weighted by Gasteiger charge is -2.46. The largest absolute Gasteiger partial charge is 0.166 e. The summed E-state index contributed by atoms with van der Waals surface area (Å²) >= 11 is 0. The molecule has 0 heterocycles. The lowest BCUT2D eigenvalue weighted by molar-refractivity contribution is 0.866. The van der Waals surface area contributed by atoms with Gasteiger partial charge in [0, 0.05) is 0 Å². The Bertz CT molecular complexity index is 534. The lowest BCUT2D eigenvalue weighted by Crippen LogP contribution is -2.57. The Kier molecular flexibility index (Phi) is 2.63. The highest BCUT2D eigenvalue weighted by atomic mass is 28.3. The maximum Gasteiger partial charge on any atom is 0.166 e. The van der Waals surface area contributed by atoms with Crippen molar-refractivity contribution in [2.24, 2.45) is 0 Å². The average Bonchev–Trinajstić information content (AvgIpc) is 2.22. The number of hydrogen-bond acceptors (Lipinski definition) is 0. The molecule has 0 spiro atoms. The maximum absolute atomic E-state index is 2.54. The molecule has 1 heteroatoms. The summed E-state index contributed by atoms with van der Waals surface area (Å²) in [5.74, 6) is 0. The smallest absolute Gasteiger partial charge is 0.0879 e. The van der Waals surface area contributed by atoms with Gasteiger partial charge < -0.3 is 0 Å². The molecule has 0 fully saturated rings. The van der Waals surface area contributed by atoms with Crippen molar-refractivity contribution in [2.75, 3.05) is 0 Å². The third kappa shape index (κ3) is 1.51. The quantitative estimate of drug-likeness (QED) is 0.718. The monoisotopic (exact) mass is 264 g/mol. The summed E-state index contributed by atoms with van der Waals surface area (Å²) in [7, 11) is -1.64. The van der Waals surface area contributed by atoms with Gasteiger partial charge in [-0.25, -0.2) is 0 Å². The van der Waals surface area contributed by atoms with E-state index in [9.17, 15) is 0 Å². The predicted octanol–water partition coefficient (Wildman–Crippen LogP) is 4.12. The summed E-state index contributed by atoms with van der Waals surface area (Å²) in [6, 6.07) is 11.4. The van der Waals surface area contributed by atoms with Gasteiger partial charge in [0.2, 0.25) is 0 Å². The molecule has 0 nitrogen and oxygen atoms in total. The summed E-state index contributed by atoms with van der Waals surface area (Å²) in [5.41, 5.74) is 0. The van der Waals surface area contributed by atoms with E-state index in [1.54, 1.807) is 20.8 Å². The van der Waals surface area contributed by atoms with Crippen molar-refractivity contribution in [2.45, 2.75) is 38.5 Å². The molecule has 0 atom stereocenters. The Balaban J connectivity index is 1.95. The van der Waals surface area contributed by atoms with Crippen LogP contribution in [-0.2, 0) is 0 Å². The number of allylic oxidation sites excluding steroid dienone is 6. The van der Waals surface area contributed by atoms with Gasteiger partial charge >= 0.3 is 0 Å². The van der Waals surface area contributed by atoms with Gasteiger partial charge in [-0.3, -0.25) is 0 Å². The van der Waals surface area contributed by atoms with Crippen molar-refractivity contribution in [3.8, 4) is 0 Å². The number of rotatable bonds is 4. The van der Waals surface area contributed by atoms with E-state index in [2.05, 4.69) is 48.6 Å². The molecule has 4 rings (SSSR count). The molecule has 0 N–H and O–H groups in total. The van der Waals surface area contributed by atoms with E-state index in [0.29, 0.717) is 0 Å². The minimum Gasteiger partial charge on any atom is -0.0879 e. The molecule has 0 bridgehead atoms. The second kappa shape index (κ2) is 4.34. The van der Waals surface area contributed by atoms with Gasteiger partial charge in [0.25, 0.3) is 0 Å². The van der Waals surface area contributed by atoms with E-state index < -0.39 is 8.07 Å². The van der Waals surface area contributed by atoms with Crippen LogP contribution in [-0.4, -0.2) is 8.07 Å². The second-order valence-electron chi connectivity index (χ2n) is 5.92. The molecule has 3 aliphatic carbocycles. The van der Waals surface area contributed by atoms with E-state index in [1.165, 1.54) is 38.5 Å². The fourth-order valence-electron chi connectivity index (χ4n) is 3.75. The van der Waals surface area contributed by atoms with Crippen LogP contribution in [0.3, 0.4) is 0 Å². The van der Waals surface area contributed by atoms with E-state index in [0.717, 1.165) is 0 Å². The van der Waals surface area contributed by atoms with E-state index in [-0.39, 0.29) is 0 Å². The van der Waals surface area contributed by atoms with Crippen molar-refractivity contribution < 1.29 is 0 Å². The average molecular weight is 264 g/mol. The van der Waals surface area contributed by atoms with E-state index in [4.69, 9.17) is 0 Å². The highest BCUT2D eigenvalue weighted by Gasteiger charge is 2.48. The molecule has 96 valence electrons. The molecule has 0 aromatic heterocycles. The highest BCUT2D eigenvalue weighted by molar-refractivity contribution is 7.08. The van der Waals surface area contributed by atoms with Gasteiger partial charge in [-0.15, -0.1) is 0 Å². The summed E-state index contributed by atoms with van der Waals surface area (Å²) < 4.78 is 0. The zero-order valence-electron chi connectivity index (χ0n) is 11.4. The fourth-order valence-corrected chi connectivity index (χ4v) is 9.70. The Labute approximate surface area is 116 Å². The van der Waals surface area contributed by atoms with Crippen molar-refractivity contribution in [3.05, 3.63) is 64.1 Å². The Hall–Kier alpha value is -1.34. The molecule has 0 unspecified atom stereocenters. The van der Waals surface area contributed by atoms with Crippen LogP contribution in [0.5, 0.6) is 0 Å². The van der Waals surface area contributed by atoms with Gasteiger partial charge in [-0.05, 0) is 43.7 Å². The van der Waals surface area contributed by atoms with Crippen LogP contribution < -0.4 is 5.19 Å². The first-order valence-electron chi connectivity index (χ1n) is 7.56. The molecular weight excluding hydrogens is 244 g/mol. The molecular formula is C18H20Si. The first-order chi connectivity index (χ1) is 9.42. The van der Waals surface area contributed by atoms with E-state index in [1.807, 2.05) is 0 Å². The number of benzene rings is 1. The SMILES string of the molecule is C1=C([Si](C2=CCC2)(C2=CCC2)c2ccccc2)CC1. The van der Waals surface area contributed by atoms with Crippen LogP contribution in [0.25, 0.3) is 0 Å². The minimum absolute atomic E-state index is 1.30. The van der Waals surface area contributed by atoms with Crippen LogP contribution in [0, 0.1) is 0 Å². The van der Waals surface area contributed by atoms with E-state index >= 15 is 0 Å². The summed E-state index contributed by atoms with van der Waals surface area (Å²) in [6.45, 7) is 0. The van der Waals surface area contributed by atoms with Crippen LogP contribution in [0.4, 0.5) is 0 Å².